The molecular formula is C20H24N2O5S. The highest BCUT2D eigenvalue weighted by Crippen LogP contribution is 2.22. The molecule has 1 amide bonds. The molecule has 0 radical (unpaired) electrons. The van der Waals surface area contributed by atoms with Gasteiger partial charge >= 0.3 is 5.97 Å². The van der Waals surface area contributed by atoms with Crippen LogP contribution in [-0.2, 0) is 19.6 Å². The number of nitrogens with two attached hydrogens (primary N) is 1. The van der Waals surface area contributed by atoms with E-state index in [2.05, 4.69) is 5.32 Å². The van der Waals surface area contributed by atoms with Crippen molar-refractivity contribution in [3.8, 4) is 0 Å². The summed E-state index contributed by atoms with van der Waals surface area (Å²) in [4.78, 5) is 24.7. The molecule has 0 bridgehead atoms. The van der Waals surface area contributed by atoms with Crippen LogP contribution in [0.3, 0.4) is 0 Å². The zero-order chi connectivity index (χ0) is 21.2. The van der Waals surface area contributed by atoms with Crippen molar-refractivity contribution in [2.75, 3.05) is 5.32 Å². The van der Waals surface area contributed by atoms with Gasteiger partial charge in [0.15, 0.2) is 6.10 Å². The van der Waals surface area contributed by atoms with Crippen LogP contribution in [0.5, 0.6) is 0 Å². The summed E-state index contributed by atoms with van der Waals surface area (Å²) in [6.45, 7) is 8.81. The lowest BCUT2D eigenvalue weighted by molar-refractivity contribution is -0.123. The van der Waals surface area contributed by atoms with Gasteiger partial charge in [-0.05, 0) is 63.4 Å². The van der Waals surface area contributed by atoms with Crippen LogP contribution in [0.15, 0.2) is 35.2 Å². The van der Waals surface area contributed by atoms with Crippen molar-refractivity contribution in [1.82, 2.24) is 0 Å². The number of hydrogen-bond donors (Lipinski definition) is 2. The van der Waals surface area contributed by atoms with Crippen LogP contribution in [0.25, 0.3) is 0 Å². The predicted octanol–water partition coefficient (Wildman–Crippen LogP) is 2.75. The molecule has 8 heteroatoms. The summed E-state index contributed by atoms with van der Waals surface area (Å²) in [5, 5.41) is 7.89. The van der Waals surface area contributed by atoms with Crippen molar-refractivity contribution in [3.05, 3.63) is 58.1 Å². The topological polar surface area (TPSA) is 116 Å². The Labute approximate surface area is 164 Å². The molecule has 0 aliphatic heterocycles. The maximum Gasteiger partial charge on any atom is 0.339 e. The highest BCUT2D eigenvalue weighted by atomic mass is 32.2. The number of anilines is 1. The van der Waals surface area contributed by atoms with Gasteiger partial charge in [-0.25, -0.2) is 18.4 Å². The van der Waals surface area contributed by atoms with Gasteiger partial charge in [0, 0.05) is 5.69 Å². The maximum atomic E-state index is 12.5. The molecule has 2 rings (SSSR count). The summed E-state index contributed by atoms with van der Waals surface area (Å²) >= 11 is 0. The maximum absolute atomic E-state index is 12.5. The number of carbonyl (C=O) groups is 2. The first-order valence-corrected chi connectivity index (χ1v) is 10.2. The number of aryl methyl sites for hydroxylation is 4. The van der Waals surface area contributed by atoms with Crippen LogP contribution in [0.4, 0.5) is 5.69 Å². The third-order valence-electron chi connectivity index (χ3n) is 4.34. The van der Waals surface area contributed by atoms with E-state index in [0.29, 0.717) is 11.3 Å². The van der Waals surface area contributed by atoms with E-state index >= 15 is 0 Å². The molecule has 0 spiro atoms. The molecular weight excluding hydrogens is 380 g/mol. The normalized spacial score (nSPS) is 12.4. The highest BCUT2D eigenvalue weighted by molar-refractivity contribution is 7.89. The summed E-state index contributed by atoms with van der Waals surface area (Å²) < 4.78 is 28.2. The Bertz CT molecular complexity index is 1020. The van der Waals surface area contributed by atoms with E-state index in [0.717, 1.165) is 22.8 Å². The number of ether oxygens (including phenoxy) is 1. The molecule has 0 aliphatic rings. The molecule has 2 aromatic carbocycles. The summed E-state index contributed by atoms with van der Waals surface area (Å²) in [6, 6.07) is 7.80. The molecule has 0 aliphatic carbocycles. The molecule has 28 heavy (non-hydrogen) atoms. The summed E-state index contributed by atoms with van der Waals surface area (Å²) in [6.07, 6.45) is -1.08. The average Bonchev–Trinajstić information content (AvgIpc) is 2.56. The van der Waals surface area contributed by atoms with Crippen molar-refractivity contribution in [2.24, 2.45) is 5.14 Å². The van der Waals surface area contributed by atoms with E-state index in [4.69, 9.17) is 9.88 Å². The number of primary sulfonamides is 1. The fourth-order valence-corrected chi connectivity index (χ4v) is 3.42. The Hall–Kier alpha value is -2.71. The summed E-state index contributed by atoms with van der Waals surface area (Å²) in [5.41, 5.74) is 4.11. The average molecular weight is 404 g/mol. The first-order valence-electron chi connectivity index (χ1n) is 8.63. The van der Waals surface area contributed by atoms with Gasteiger partial charge in [0.05, 0.1) is 10.5 Å². The minimum Gasteiger partial charge on any atom is -0.449 e. The van der Waals surface area contributed by atoms with Crippen LogP contribution >= 0.6 is 0 Å². The second kappa shape index (κ2) is 8.12. The minimum absolute atomic E-state index is 0.0360. The molecule has 7 nitrogen and oxygen atoms in total. The number of rotatable bonds is 5. The van der Waals surface area contributed by atoms with E-state index in [1.54, 1.807) is 6.92 Å². The summed E-state index contributed by atoms with van der Waals surface area (Å²) in [7, 11) is -3.96. The van der Waals surface area contributed by atoms with Crippen molar-refractivity contribution in [2.45, 2.75) is 45.6 Å². The quantitative estimate of drug-likeness (QED) is 0.744. The number of amides is 1. The van der Waals surface area contributed by atoms with Gasteiger partial charge in [0.2, 0.25) is 10.0 Å². The van der Waals surface area contributed by atoms with E-state index < -0.39 is 28.0 Å². The first-order chi connectivity index (χ1) is 12.9. The smallest absolute Gasteiger partial charge is 0.339 e. The third-order valence-corrected chi connectivity index (χ3v) is 5.25. The predicted molar refractivity (Wildman–Crippen MR) is 107 cm³/mol. The third kappa shape index (κ3) is 4.96. The Morgan fingerprint density at radius 1 is 1.00 bits per heavy atom. The standard InChI is InChI=1S/C20H24N2O5S/c1-11-8-13(3)18(14(4)9-11)22-19(23)15(5)27-20(24)17-10-16(28(21,25)26)7-6-12(17)2/h6-10,15H,1-5H3,(H,22,23)(H2,21,25,26). The van der Waals surface area contributed by atoms with Crippen LogP contribution in [0.1, 0.15) is 39.5 Å². The molecule has 0 saturated carbocycles. The Kier molecular flexibility index (Phi) is 6.26. The number of sulfonamides is 1. The van der Waals surface area contributed by atoms with Gasteiger partial charge in [0.25, 0.3) is 5.91 Å². The Morgan fingerprint density at radius 2 is 1.57 bits per heavy atom. The van der Waals surface area contributed by atoms with Crippen molar-refractivity contribution in [3.63, 3.8) is 0 Å². The first kappa shape index (κ1) is 21.6. The van der Waals surface area contributed by atoms with E-state index in [1.165, 1.54) is 19.1 Å². The zero-order valence-electron chi connectivity index (χ0n) is 16.5. The fraction of sp³-hybridized carbons (Fsp3) is 0.300. The molecule has 0 saturated heterocycles. The molecule has 150 valence electrons. The van der Waals surface area contributed by atoms with Gasteiger partial charge in [-0.1, -0.05) is 23.8 Å². The lowest BCUT2D eigenvalue weighted by Gasteiger charge is -2.17. The van der Waals surface area contributed by atoms with Gasteiger partial charge < -0.3 is 10.1 Å². The molecule has 0 heterocycles. The Balaban J connectivity index is 2.18. The van der Waals surface area contributed by atoms with Crippen molar-refractivity contribution >= 4 is 27.6 Å². The minimum atomic E-state index is -3.96. The zero-order valence-corrected chi connectivity index (χ0v) is 17.3. The molecule has 1 atom stereocenters. The van der Waals surface area contributed by atoms with Gasteiger partial charge in [0.1, 0.15) is 0 Å². The number of nitrogens with one attached hydrogen (secondary N) is 1. The molecule has 0 fully saturated rings. The fourth-order valence-electron chi connectivity index (χ4n) is 2.88. The van der Waals surface area contributed by atoms with E-state index in [9.17, 15) is 18.0 Å². The Morgan fingerprint density at radius 3 is 2.11 bits per heavy atom. The number of esters is 1. The molecule has 3 N–H and O–H groups in total. The second-order valence-electron chi connectivity index (χ2n) is 6.83. The lowest BCUT2D eigenvalue weighted by Crippen LogP contribution is -2.30. The van der Waals surface area contributed by atoms with E-state index in [1.807, 2.05) is 32.9 Å². The lowest BCUT2D eigenvalue weighted by atomic mass is 10.0. The van der Waals surface area contributed by atoms with Crippen LogP contribution in [-0.4, -0.2) is 26.4 Å². The number of hydrogen-bond acceptors (Lipinski definition) is 5. The van der Waals surface area contributed by atoms with Crippen molar-refractivity contribution < 1.29 is 22.7 Å². The number of benzene rings is 2. The second-order valence-corrected chi connectivity index (χ2v) is 8.39. The van der Waals surface area contributed by atoms with Gasteiger partial charge in [-0.2, -0.15) is 0 Å². The van der Waals surface area contributed by atoms with Crippen LogP contribution in [0, 0.1) is 27.7 Å². The molecule has 1 unspecified atom stereocenters. The highest BCUT2D eigenvalue weighted by Gasteiger charge is 2.22. The van der Waals surface area contributed by atoms with E-state index in [-0.39, 0.29) is 10.5 Å². The van der Waals surface area contributed by atoms with Gasteiger partial charge in [-0.3, -0.25) is 4.79 Å². The van der Waals surface area contributed by atoms with Crippen LogP contribution < -0.4 is 10.5 Å². The van der Waals surface area contributed by atoms with Gasteiger partial charge in [-0.15, -0.1) is 0 Å². The SMILES string of the molecule is Cc1cc(C)c(NC(=O)C(C)OC(=O)c2cc(S(N)(=O)=O)ccc2C)c(C)c1. The summed E-state index contributed by atoms with van der Waals surface area (Å²) in [5.74, 6) is -1.29. The molecule has 0 aromatic heterocycles. The largest absolute Gasteiger partial charge is 0.449 e. The molecule has 2 aromatic rings. The number of carbonyl (C=O) groups excluding carboxylic acids is 2. The van der Waals surface area contributed by atoms with Crippen molar-refractivity contribution in [1.29, 1.82) is 0 Å². The monoisotopic (exact) mass is 404 g/mol. The van der Waals surface area contributed by atoms with Crippen LogP contribution in [0.2, 0.25) is 0 Å².